The van der Waals surface area contributed by atoms with Crippen LogP contribution in [0.4, 0.5) is 4.39 Å². The number of carbonyl (C=O) groups is 1. The maximum absolute atomic E-state index is 13.9. The molecule has 0 aliphatic rings. The van der Waals surface area contributed by atoms with Gasteiger partial charge in [0, 0.05) is 10.5 Å². The summed E-state index contributed by atoms with van der Waals surface area (Å²) in [4.78, 5) is 13.2. The van der Waals surface area contributed by atoms with Crippen LogP contribution in [-0.4, -0.2) is 25.3 Å². The van der Waals surface area contributed by atoms with Crippen molar-refractivity contribution >= 4 is 27.5 Å². The number of nitrogens with one attached hydrogen (secondary N) is 1. The number of hydrogen-bond acceptors (Lipinski definition) is 5. The van der Waals surface area contributed by atoms with E-state index >= 15 is 0 Å². The van der Waals surface area contributed by atoms with E-state index in [1.54, 1.807) is 38.1 Å². The third-order valence-electron chi connectivity index (χ3n) is 3.96. The van der Waals surface area contributed by atoms with Crippen molar-refractivity contribution in [3.8, 4) is 6.07 Å². The van der Waals surface area contributed by atoms with Gasteiger partial charge in [0.15, 0.2) is 9.84 Å². The fraction of sp³-hybridized carbons (Fsp3) is 0.300. The summed E-state index contributed by atoms with van der Waals surface area (Å²) in [6.45, 7) is 3.40. The van der Waals surface area contributed by atoms with Crippen LogP contribution in [0.1, 0.15) is 31.9 Å². The van der Waals surface area contributed by atoms with Gasteiger partial charge in [-0.3, -0.25) is 4.79 Å². The number of sulfone groups is 1. The van der Waals surface area contributed by atoms with Crippen LogP contribution in [-0.2, 0) is 14.6 Å². The summed E-state index contributed by atoms with van der Waals surface area (Å²) < 4.78 is 38.8. The molecule has 0 aromatic heterocycles. The van der Waals surface area contributed by atoms with Crippen LogP contribution in [0.5, 0.6) is 0 Å². The first-order chi connectivity index (χ1) is 13.3. The van der Waals surface area contributed by atoms with Gasteiger partial charge < -0.3 is 5.32 Å². The van der Waals surface area contributed by atoms with Crippen molar-refractivity contribution in [2.24, 2.45) is 0 Å². The number of amides is 1. The second-order valence-electron chi connectivity index (χ2n) is 6.12. The molecule has 2 unspecified atom stereocenters. The fourth-order valence-corrected chi connectivity index (χ4v) is 5.42. The third-order valence-corrected chi connectivity index (χ3v) is 7.24. The Morgan fingerprint density at radius 1 is 1.21 bits per heavy atom. The first kappa shape index (κ1) is 21.9. The lowest BCUT2D eigenvalue weighted by molar-refractivity contribution is -0.120. The van der Waals surface area contributed by atoms with Crippen LogP contribution < -0.4 is 5.32 Å². The van der Waals surface area contributed by atoms with Crippen molar-refractivity contribution in [1.82, 2.24) is 5.32 Å². The Kier molecular flexibility index (Phi) is 7.61. The molecule has 0 aliphatic carbocycles. The second kappa shape index (κ2) is 9.71. The van der Waals surface area contributed by atoms with Crippen molar-refractivity contribution in [3.05, 3.63) is 59.9 Å². The molecule has 0 saturated carbocycles. The van der Waals surface area contributed by atoms with Gasteiger partial charge in [-0.1, -0.05) is 37.3 Å². The van der Waals surface area contributed by atoms with E-state index in [9.17, 15) is 22.9 Å². The molecule has 2 aromatic rings. The van der Waals surface area contributed by atoms with E-state index in [1.165, 1.54) is 24.3 Å². The second-order valence-corrected chi connectivity index (χ2v) is 9.58. The highest BCUT2D eigenvalue weighted by molar-refractivity contribution is 8.01. The summed E-state index contributed by atoms with van der Waals surface area (Å²) in [5.74, 6) is -1.04. The minimum atomic E-state index is -3.44. The Labute approximate surface area is 168 Å². The molecule has 0 aliphatic heterocycles. The fourth-order valence-electron chi connectivity index (χ4n) is 2.58. The van der Waals surface area contributed by atoms with Crippen LogP contribution >= 0.6 is 11.8 Å². The Morgan fingerprint density at radius 3 is 2.50 bits per heavy atom. The first-order valence-corrected chi connectivity index (χ1v) is 11.3. The number of benzene rings is 2. The SMILES string of the molecule is CCCS(=O)(=O)c1ccccc1SC(C)C(=O)NC(C#N)c1ccccc1F. The Bertz CT molecular complexity index is 987. The number of nitrogens with zero attached hydrogens (tertiary/aromatic N) is 1. The van der Waals surface area contributed by atoms with Crippen molar-refractivity contribution in [1.29, 1.82) is 5.26 Å². The van der Waals surface area contributed by atoms with Crippen molar-refractivity contribution in [2.45, 2.75) is 41.4 Å². The topological polar surface area (TPSA) is 87.0 Å². The molecular weight excluding hydrogens is 399 g/mol. The van der Waals surface area contributed by atoms with Crippen LogP contribution in [0, 0.1) is 17.1 Å². The maximum Gasteiger partial charge on any atom is 0.234 e. The average molecular weight is 421 g/mol. The normalized spacial score (nSPS) is 13.4. The molecular formula is C20H21FN2O3S2. The van der Waals surface area contributed by atoms with E-state index in [-0.39, 0.29) is 16.2 Å². The summed E-state index contributed by atoms with van der Waals surface area (Å²) in [7, 11) is -3.44. The molecule has 5 nitrogen and oxygen atoms in total. The molecule has 0 fully saturated rings. The van der Waals surface area contributed by atoms with Crippen molar-refractivity contribution < 1.29 is 17.6 Å². The van der Waals surface area contributed by atoms with Crippen LogP contribution in [0.25, 0.3) is 0 Å². The minimum absolute atomic E-state index is 0.0228. The van der Waals surface area contributed by atoms with Gasteiger partial charge in [-0.15, -0.1) is 11.8 Å². The van der Waals surface area contributed by atoms with Gasteiger partial charge in [0.1, 0.15) is 11.9 Å². The summed E-state index contributed by atoms with van der Waals surface area (Å²) in [5.41, 5.74) is 0.0847. The van der Waals surface area contributed by atoms with Gasteiger partial charge in [0.2, 0.25) is 5.91 Å². The standard InChI is InChI=1S/C20H21FN2O3S2/c1-3-12-28(25,26)19-11-7-6-10-18(19)27-14(2)20(24)23-17(13-22)15-8-4-5-9-16(15)21/h4-11,14,17H,3,12H2,1-2H3,(H,23,24). The molecule has 2 aromatic carbocycles. The largest absolute Gasteiger partial charge is 0.336 e. The number of rotatable bonds is 8. The molecule has 0 spiro atoms. The zero-order chi connectivity index (χ0) is 20.7. The molecule has 148 valence electrons. The van der Waals surface area contributed by atoms with E-state index in [2.05, 4.69) is 5.32 Å². The summed E-state index contributed by atoms with van der Waals surface area (Å²) >= 11 is 1.09. The quantitative estimate of drug-likeness (QED) is 0.655. The highest BCUT2D eigenvalue weighted by Gasteiger charge is 2.24. The molecule has 1 N–H and O–H groups in total. The number of hydrogen-bond donors (Lipinski definition) is 1. The predicted molar refractivity (Wildman–Crippen MR) is 107 cm³/mol. The highest BCUT2D eigenvalue weighted by Crippen LogP contribution is 2.31. The molecule has 28 heavy (non-hydrogen) atoms. The van der Waals surface area contributed by atoms with E-state index in [0.717, 1.165) is 11.8 Å². The predicted octanol–water partition coefficient (Wildman–Crippen LogP) is 3.87. The van der Waals surface area contributed by atoms with Crippen molar-refractivity contribution in [2.75, 3.05) is 5.75 Å². The summed E-state index contributed by atoms with van der Waals surface area (Å²) in [5, 5.41) is 11.2. The molecule has 2 atom stereocenters. The van der Waals surface area contributed by atoms with Crippen LogP contribution in [0.2, 0.25) is 0 Å². The van der Waals surface area contributed by atoms with E-state index in [0.29, 0.717) is 11.3 Å². The Hall–Kier alpha value is -2.37. The van der Waals surface area contributed by atoms with Crippen molar-refractivity contribution in [3.63, 3.8) is 0 Å². The van der Waals surface area contributed by atoms with Gasteiger partial charge in [0.05, 0.1) is 22.0 Å². The number of thioether (sulfide) groups is 1. The van der Waals surface area contributed by atoms with Crippen LogP contribution in [0.15, 0.2) is 58.3 Å². The van der Waals surface area contributed by atoms with Crippen LogP contribution in [0.3, 0.4) is 0 Å². The molecule has 0 radical (unpaired) electrons. The molecule has 0 bridgehead atoms. The lowest BCUT2D eigenvalue weighted by atomic mass is 10.1. The lowest BCUT2D eigenvalue weighted by Crippen LogP contribution is -2.34. The number of nitriles is 1. The molecule has 0 saturated heterocycles. The monoisotopic (exact) mass is 420 g/mol. The van der Waals surface area contributed by atoms with Gasteiger partial charge in [0.25, 0.3) is 0 Å². The van der Waals surface area contributed by atoms with Gasteiger partial charge in [-0.05, 0) is 31.5 Å². The van der Waals surface area contributed by atoms with Gasteiger partial charge >= 0.3 is 0 Å². The zero-order valence-electron chi connectivity index (χ0n) is 15.6. The minimum Gasteiger partial charge on any atom is -0.336 e. The molecule has 1 amide bonds. The first-order valence-electron chi connectivity index (χ1n) is 8.73. The Balaban J connectivity index is 2.18. The summed E-state index contributed by atoms with van der Waals surface area (Å²) in [6.07, 6.45) is 0.490. The summed E-state index contributed by atoms with van der Waals surface area (Å²) in [6, 6.07) is 13.0. The Morgan fingerprint density at radius 2 is 1.86 bits per heavy atom. The van der Waals surface area contributed by atoms with E-state index in [4.69, 9.17) is 0 Å². The zero-order valence-corrected chi connectivity index (χ0v) is 17.2. The smallest absolute Gasteiger partial charge is 0.234 e. The third kappa shape index (κ3) is 5.33. The van der Waals surface area contributed by atoms with Gasteiger partial charge in [-0.2, -0.15) is 5.26 Å². The van der Waals surface area contributed by atoms with E-state index in [1.807, 2.05) is 6.07 Å². The number of halogens is 1. The number of carbonyl (C=O) groups excluding carboxylic acids is 1. The molecule has 0 heterocycles. The average Bonchev–Trinajstić information content (AvgIpc) is 2.66. The molecule has 2 rings (SSSR count). The highest BCUT2D eigenvalue weighted by atomic mass is 32.2. The molecule has 8 heteroatoms. The maximum atomic E-state index is 13.9. The van der Waals surface area contributed by atoms with E-state index < -0.39 is 32.9 Å². The van der Waals surface area contributed by atoms with Gasteiger partial charge in [-0.25, -0.2) is 12.8 Å². The lowest BCUT2D eigenvalue weighted by Gasteiger charge is -2.17.